The lowest BCUT2D eigenvalue weighted by Crippen LogP contribution is -2.08. The Morgan fingerprint density at radius 1 is 1.31 bits per heavy atom. The average Bonchev–Trinajstić information content (AvgIpc) is 2.27. The molecule has 90 valence electrons. The molecule has 0 heterocycles. The maximum absolute atomic E-state index is 11.0. The Bertz CT molecular complexity index is 378. The Morgan fingerprint density at radius 2 is 1.94 bits per heavy atom. The molecule has 0 saturated heterocycles. The summed E-state index contributed by atoms with van der Waals surface area (Å²) in [6.07, 6.45) is 0.815. The van der Waals surface area contributed by atoms with E-state index >= 15 is 0 Å². The van der Waals surface area contributed by atoms with Crippen molar-refractivity contribution in [3.63, 3.8) is 0 Å². The van der Waals surface area contributed by atoms with Crippen LogP contribution in [0.4, 0.5) is 0 Å². The molecule has 2 unspecified atom stereocenters. The van der Waals surface area contributed by atoms with E-state index in [0.717, 1.165) is 0 Å². The zero-order chi connectivity index (χ0) is 12.1. The third kappa shape index (κ3) is 3.21. The SMILES string of the molecule is COc1ccc(C(O)CS(C)=O)cc1OC. The molecule has 0 aliphatic rings. The fraction of sp³-hybridized carbons (Fsp3) is 0.455. The number of aliphatic hydroxyl groups is 1. The van der Waals surface area contributed by atoms with Crippen molar-refractivity contribution >= 4 is 10.8 Å². The first-order valence-electron chi connectivity index (χ1n) is 4.78. The van der Waals surface area contributed by atoms with E-state index in [-0.39, 0.29) is 5.75 Å². The molecule has 0 bridgehead atoms. The Labute approximate surface area is 97.7 Å². The molecule has 2 atom stereocenters. The number of ether oxygens (including phenoxy) is 2. The van der Waals surface area contributed by atoms with Gasteiger partial charge < -0.3 is 14.6 Å². The molecule has 0 radical (unpaired) electrons. The van der Waals surface area contributed by atoms with Crippen molar-refractivity contribution in [3.8, 4) is 11.5 Å². The van der Waals surface area contributed by atoms with Gasteiger partial charge >= 0.3 is 0 Å². The summed E-state index contributed by atoms with van der Waals surface area (Å²) >= 11 is 0. The van der Waals surface area contributed by atoms with Crippen LogP contribution in [0, 0.1) is 0 Å². The highest BCUT2D eigenvalue weighted by atomic mass is 32.2. The van der Waals surface area contributed by atoms with Gasteiger partial charge in [-0.05, 0) is 17.7 Å². The monoisotopic (exact) mass is 244 g/mol. The van der Waals surface area contributed by atoms with Gasteiger partial charge in [0.15, 0.2) is 11.5 Å². The van der Waals surface area contributed by atoms with Crippen molar-refractivity contribution < 1.29 is 18.8 Å². The molecule has 0 amide bonds. The first kappa shape index (κ1) is 13.0. The van der Waals surface area contributed by atoms with Crippen molar-refractivity contribution in [1.29, 1.82) is 0 Å². The topological polar surface area (TPSA) is 55.8 Å². The van der Waals surface area contributed by atoms with Crippen molar-refractivity contribution in [2.75, 3.05) is 26.2 Å². The minimum Gasteiger partial charge on any atom is -0.493 e. The van der Waals surface area contributed by atoms with E-state index in [9.17, 15) is 9.32 Å². The molecule has 0 aromatic heterocycles. The van der Waals surface area contributed by atoms with Crippen LogP contribution in [-0.4, -0.2) is 35.5 Å². The van der Waals surface area contributed by atoms with Crippen LogP contribution >= 0.6 is 0 Å². The van der Waals surface area contributed by atoms with E-state index in [1.807, 2.05) is 0 Å². The number of methoxy groups -OCH3 is 2. The molecular weight excluding hydrogens is 228 g/mol. The lowest BCUT2D eigenvalue weighted by Gasteiger charge is -2.13. The molecule has 1 aromatic rings. The molecule has 0 saturated carbocycles. The van der Waals surface area contributed by atoms with Gasteiger partial charge in [0, 0.05) is 17.1 Å². The highest BCUT2D eigenvalue weighted by Crippen LogP contribution is 2.30. The van der Waals surface area contributed by atoms with Gasteiger partial charge in [-0.15, -0.1) is 0 Å². The van der Waals surface area contributed by atoms with Crippen LogP contribution < -0.4 is 9.47 Å². The summed E-state index contributed by atoms with van der Waals surface area (Å²) in [5.74, 6) is 1.38. The average molecular weight is 244 g/mol. The third-order valence-corrected chi connectivity index (χ3v) is 2.97. The number of rotatable bonds is 5. The first-order chi connectivity index (χ1) is 7.58. The summed E-state index contributed by atoms with van der Waals surface area (Å²) in [4.78, 5) is 0. The minimum absolute atomic E-state index is 0.218. The molecule has 0 aliphatic carbocycles. The molecule has 4 nitrogen and oxygen atoms in total. The Hall–Kier alpha value is -1.07. The normalized spacial score (nSPS) is 14.2. The summed E-state index contributed by atoms with van der Waals surface area (Å²) in [5, 5.41) is 9.79. The van der Waals surface area contributed by atoms with Gasteiger partial charge in [-0.3, -0.25) is 4.21 Å². The molecule has 5 heteroatoms. The van der Waals surface area contributed by atoms with Gasteiger partial charge in [0.2, 0.25) is 0 Å². The molecule has 16 heavy (non-hydrogen) atoms. The summed E-state index contributed by atoms with van der Waals surface area (Å²) in [7, 11) is 2.05. The van der Waals surface area contributed by atoms with Gasteiger partial charge in [-0.1, -0.05) is 6.07 Å². The Kier molecular flexibility index (Phi) is 4.76. The molecule has 1 rings (SSSR count). The van der Waals surface area contributed by atoms with E-state index in [0.29, 0.717) is 17.1 Å². The van der Waals surface area contributed by atoms with E-state index in [2.05, 4.69) is 0 Å². The Morgan fingerprint density at radius 3 is 2.44 bits per heavy atom. The fourth-order valence-corrected chi connectivity index (χ4v) is 2.02. The predicted octanol–water partition coefficient (Wildman–Crippen LogP) is 1.12. The summed E-state index contributed by atoms with van der Waals surface area (Å²) in [6, 6.07) is 5.14. The summed E-state index contributed by atoms with van der Waals surface area (Å²) in [5.41, 5.74) is 0.674. The highest BCUT2D eigenvalue weighted by molar-refractivity contribution is 7.84. The van der Waals surface area contributed by atoms with E-state index in [4.69, 9.17) is 9.47 Å². The molecule has 1 aromatic carbocycles. The number of hydrogen-bond acceptors (Lipinski definition) is 4. The van der Waals surface area contributed by atoms with Crippen molar-refractivity contribution in [2.24, 2.45) is 0 Å². The van der Waals surface area contributed by atoms with Gasteiger partial charge in [0.05, 0.1) is 26.1 Å². The first-order valence-corrected chi connectivity index (χ1v) is 6.51. The van der Waals surface area contributed by atoms with Crippen molar-refractivity contribution in [3.05, 3.63) is 23.8 Å². The lowest BCUT2D eigenvalue weighted by molar-refractivity contribution is 0.202. The molecule has 0 fully saturated rings. The maximum Gasteiger partial charge on any atom is 0.161 e. The highest BCUT2D eigenvalue weighted by Gasteiger charge is 2.12. The van der Waals surface area contributed by atoms with E-state index in [1.54, 1.807) is 31.6 Å². The van der Waals surface area contributed by atoms with Crippen LogP contribution in [0.15, 0.2) is 18.2 Å². The number of hydrogen-bond donors (Lipinski definition) is 1. The summed E-state index contributed by atoms with van der Waals surface area (Å²) < 4.78 is 21.2. The smallest absolute Gasteiger partial charge is 0.161 e. The number of benzene rings is 1. The van der Waals surface area contributed by atoms with E-state index in [1.165, 1.54) is 7.11 Å². The summed E-state index contributed by atoms with van der Waals surface area (Å²) in [6.45, 7) is 0. The zero-order valence-corrected chi connectivity index (χ0v) is 10.4. The second-order valence-electron chi connectivity index (χ2n) is 3.37. The zero-order valence-electron chi connectivity index (χ0n) is 9.60. The Balaban J connectivity index is 2.93. The van der Waals surface area contributed by atoms with Crippen LogP contribution in [0.1, 0.15) is 11.7 Å². The standard InChI is InChI=1S/C11H16O4S/c1-14-10-5-4-8(6-11(10)15-2)9(12)7-16(3)13/h4-6,9,12H,7H2,1-3H3. The molecule has 1 N–H and O–H groups in total. The van der Waals surface area contributed by atoms with Crippen molar-refractivity contribution in [1.82, 2.24) is 0 Å². The quantitative estimate of drug-likeness (QED) is 0.843. The predicted molar refractivity (Wildman–Crippen MR) is 63.4 cm³/mol. The lowest BCUT2D eigenvalue weighted by atomic mass is 10.1. The van der Waals surface area contributed by atoms with Gasteiger partial charge in [-0.2, -0.15) is 0 Å². The largest absolute Gasteiger partial charge is 0.493 e. The molecule has 0 spiro atoms. The van der Waals surface area contributed by atoms with Crippen LogP contribution in [0.5, 0.6) is 11.5 Å². The molecular formula is C11H16O4S. The van der Waals surface area contributed by atoms with Gasteiger partial charge in [0.25, 0.3) is 0 Å². The number of aliphatic hydroxyl groups excluding tert-OH is 1. The molecule has 0 aliphatic heterocycles. The van der Waals surface area contributed by atoms with Gasteiger partial charge in [-0.25, -0.2) is 0 Å². The van der Waals surface area contributed by atoms with Gasteiger partial charge in [0.1, 0.15) is 0 Å². The maximum atomic E-state index is 11.0. The van der Waals surface area contributed by atoms with Crippen molar-refractivity contribution in [2.45, 2.75) is 6.10 Å². The second-order valence-corrected chi connectivity index (χ2v) is 4.85. The minimum atomic E-state index is -1.03. The second kappa shape index (κ2) is 5.86. The van der Waals surface area contributed by atoms with Crippen LogP contribution in [0.3, 0.4) is 0 Å². The van der Waals surface area contributed by atoms with E-state index < -0.39 is 16.9 Å². The van der Waals surface area contributed by atoms with Crippen LogP contribution in [-0.2, 0) is 10.8 Å². The van der Waals surface area contributed by atoms with Crippen LogP contribution in [0.25, 0.3) is 0 Å². The van der Waals surface area contributed by atoms with Crippen LogP contribution in [0.2, 0.25) is 0 Å². The fourth-order valence-electron chi connectivity index (χ4n) is 1.38. The third-order valence-electron chi connectivity index (χ3n) is 2.18.